The first kappa shape index (κ1) is 23.5. The summed E-state index contributed by atoms with van der Waals surface area (Å²) in [4.78, 5) is 0. The maximum atomic E-state index is 2.77. The van der Waals surface area contributed by atoms with Crippen molar-refractivity contribution in [2.45, 2.75) is 71.1 Å². The van der Waals surface area contributed by atoms with E-state index >= 15 is 0 Å². The van der Waals surface area contributed by atoms with E-state index in [0.717, 1.165) is 0 Å². The van der Waals surface area contributed by atoms with Crippen LogP contribution in [0.25, 0.3) is 0 Å². The molecule has 1 aliphatic rings. The van der Waals surface area contributed by atoms with Gasteiger partial charge in [-0.2, -0.15) is 0 Å². The molecule has 2 aromatic rings. The van der Waals surface area contributed by atoms with Crippen molar-refractivity contribution in [1.82, 2.24) is 0 Å². The SMILES string of the molecule is CC1=C(C)C(C)[C]([Ti]([CH3])([CH3])([CH3])([SiH2]c2cc(C)cc(C)c2)[c]2cc(C)ccc2C)=C1C. The Kier molecular flexibility index (Phi) is 5.43. The minimum absolute atomic E-state index is 0.549. The van der Waals surface area contributed by atoms with Crippen molar-refractivity contribution in [3.8, 4) is 0 Å². The van der Waals surface area contributed by atoms with Gasteiger partial charge in [-0.1, -0.05) is 0 Å². The fourth-order valence-corrected chi connectivity index (χ4v) is 34.9. The Morgan fingerprint density at radius 2 is 1.27 bits per heavy atom. The predicted octanol–water partition coefficient (Wildman–Crippen LogP) is 6.58. The number of allylic oxidation sites excluding steroid dienone is 4. The topological polar surface area (TPSA) is 0 Å². The summed E-state index contributed by atoms with van der Waals surface area (Å²) in [5, 5.41) is 9.95. The molecule has 30 heavy (non-hydrogen) atoms. The molecule has 0 N–H and O–H groups in total. The molecule has 0 spiro atoms. The summed E-state index contributed by atoms with van der Waals surface area (Å²) in [5.74, 6) is 0.549. The first-order chi connectivity index (χ1) is 13.6. The van der Waals surface area contributed by atoms with Crippen LogP contribution in [0, 0.1) is 33.6 Å². The van der Waals surface area contributed by atoms with Gasteiger partial charge < -0.3 is 0 Å². The van der Waals surface area contributed by atoms with Gasteiger partial charge in [0.2, 0.25) is 0 Å². The second kappa shape index (κ2) is 6.92. The van der Waals surface area contributed by atoms with E-state index in [1.807, 2.05) is 3.88 Å². The Bertz CT molecular complexity index is 1100. The molecule has 1 atom stereocenters. The number of benzene rings is 2. The molecule has 0 amide bonds. The van der Waals surface area contributed by atoms with Crippen molar-refractivity contribution in [3.63, 3.8) is 0 Å². The van der Waals surface area contributed by atoms with E-state index in [0.29, 0.717) is 5.92 Å². The molecule has 0 saturated heterocycles. The molecule has 2 heteroatoms. The third-order valence-electron chi connectivity index (χ3n) is 8.49. The van der Waals surface area contributed by atoms with E-state index in [2.05, 4.69) is 107 Å². The van der Waals surface area contributed by atoms with Crippen LogP contribution < -0.4 is 9.05 Å². The average Bonchev–Trinajstić information content (AvgIpc) is 2.79. The van der Waals surface area contributed by atoms with Crippen LogP contribution in [-0.2, 0) is 13.3 Å². The third kappa shape index (κ3) is 3.57. The molecule has 0 heterocycles. The number of hydrogen-bond donors (Lipinski definition) is 0. The Morgan fingerprint density at radius 3 is 1.77 bits per heavy atom. The van der Waals surface area contributed by atoms with Gasteiger partial charge >= 0.3 is 186 Å². The van der Waals surface area contributed by atoms with Crippen LogP contribution >= 0.6 is 0 Å². The van der Waals surface area contributed by atoms with E-state index in [1.54, 1.807) is 20.2 Å². The Labute approximate surface area is 185 Å². The molecule has 0 saturated carbocycles. The van der Waals surface area contributed by atoms with Gasteiger partial charge in [0.1, 0.15) is 0 Å². The second-order valence-corrected chi connectivity index (χ2v) is 42.9. The Morgan fingerprint density at radius 1 is 0.700 bits per heavy atom. The molecular formula is C28H42SiTi. The van der Waals surface area contributed by atoms with Gasteiger partial charge in [-0.25, -0.2) is 0 Å². The molecule has 162 valence electrons. The average molecular weight is 455 g/mol. The molecule has 3 rings (SSSR count). The van der Waals surface area contributed by atoms with Crippen LogP contribution in [0.1, 0.15) is 49.9 Å². The summed E-state index contributed by atoms with van der Waals surface area (Å²) >= 11 is -3.86. The molecule has 0 nitrogen and oxygen atoms in total. The summed E-state index contributed by atoms with van der Waals surface area (Å²) < 4.78 is 3.52. The molecule has 2 aromatic carbocycles. The quantitative estimate of drug-likeness (QED) is 0.458. The van der Waals surface area contributed by atoms with Crippen LogP contribution in [0.4, 0.5) is 0 Å². The molecule has 1 aliphatic carbocycles. The summed E-state index contributed by atoms with van der Waals surface area (Å²) in [5.41, 5.74) is 10.4. The molecule has 0 aliphatic heterocycles. The Balaban J connectivity index is 2.45. The Hall–Kier alpha value is -1.15. The van der Waals surface area contributed by atoms with Gasteiger partial charge in [0.25, 0.3) is 0 Å². The van der Waals surface area contributed by atoms with Crippen molar-refractivity contribution < 1.29 is 13.3 Å². The van der Waals surface area contributed by atoms with Crippen molar-refractivity contribution in [2.24, 2.45) is 5.92 Å². The van der Waals surface area contributed by atoms with Crippen molar-refractivity contribution in [1.29, 1.82) is 0 Å². The zero-order valence-corrected chi connectivity index (χ0v) is 24.2. The fourth-order valence-electron chi connectivity index (χ4n) is 7.26. The van der Waals surface area contributed by atoms with Gasteiger partial charge in [-0.3, -0.25) is 0 Å². The second-order valence-electron chi connectivity index (χ2n) is 12.6. The van der Waals surface area contributed by atoms with E-state index in [-0.39, 0.29) is 0 Å². The van der Waals surface area contributed by atoms with E-state index in [1.165, 1.54) is 27.8 Å². The number of hydrogen-bond acceptors (Lipinski definition) is 0. The molecular weight excluding hydrogens is 412 g/mol. The van der Waals surface area contributed by atoms with Crippen LogP contribution in [0.5, 0.6) is 0 Å². The summed E-state index contributed by atoms with van der Waals surface area (Å²) in [7, 11) is -0.601. The van der Waals surface area contributed by atoms with Gasteiger partial charge in [-0.05, 0) is 0 Å². The monoisotopic (exact) mass is 454 g/mol. The number of rotatable bonds is 4. The first-order valence-corrected chi connectivity index (χ1v) is 22.6. The summed E-state index contributed by atoms with van der Waals surface area (Å²) in [6.45, 7) is 18.8. The minimum atomic E-state index is -3.86. The van der Waals surface area contributed by atoms with Crippen LogP contribution in [-0.4, -0.2) is 7.39 Å². The van der Waals surface area contributed by atoms with Crippen molar-refractivity contribution in [3.05, 3.63) is 79.2 Å². The molecule has 0 fully saturated rings. The van der Waals surface area contributed by atoms with E-state index in [4.69, 9.17) is 0 Å². The fraction of sp³-hybridized carbons (Fsp3) is 0.429. The van der Waals surface area contributed by atoms with Crippen LogP contribution in [0.2, 0.25) is 15.7 Å². The summed E-state index contributed by atoms with van der Waals surface area (Å²) in [6, 6.07) is 14.5. The van der Waals surface area contributed by atoms with Gasteiger partial charge in [0.15, 0.2) is 0 Å². The maximum absolute atomic E-state index is 3.86. The van der Waals surface area contributed by atoms with E-state index in [9.17, 15) is 0 Å². The third-order valence-corrected chi connectivity index (χ3v) is 31.6. The van der Waals surface area contributed by atoms with E-state index < -0.39 is 20.7 Å². The standard InChI is InChI=1S/C9H13.C8H11Si.C8H9.3CH3.Ti/c1-6-5-7(2)9(4)8(6)3;1-6-3-7(2)5-8(9)4-6;1-7-3-5-8(2)6-4-7;;;;/h6H,1-4H3;3-5H,9H2,1-2H3;3-5H,1-2H3;3*1H3;. The van der Waals surface area contributed by atoms with Crippen molar-refractivity contribution in [2.75, 3.05) is 0 Å². The number of aryl methyl sites for hydroxylation is 4. The van der Waals surface area contributed by atoms with Gasteiger partial charge in [0.05, 0.1) is 0 Å². The van der Waals surface area contributed by atoms with Gasteiger partial charge in [0, 0.05) is 0 Å². The normalized spacial score (nSPS) is 20.3. The zero-order valence-electron chi connectivity index (χ0n) is 21.2. The predicted molar refractivity (Wildman–Crippen MR) is 137 cm³/mol. The molecule has 1 unspecified atom stereocenters. The molecule has 0 bridgehead atoms. The molecule has 0 aromatic heterocycles. The summed E-state index contributed by atoms with van der Waals surface area (Å²) in [6.07, 6.45) is 0. The zero-order chi connectivity index (χ0) is 22.7. The van der Waals surface area contributed by atoms with Crippen LogP contribution in [0.3, 0.4) is 0 Å². The van der Waals surface area contributed by atoms with Gasteiger partial charge in [-0.15, -0.1) is 0 Å². The van der Waals surface area contributed by atoms with Crippen molar-refractivity contribution >= 4 is 16.4 Å². The first-order valence-electron chi connectivity index (χ1n) is 11.6. The van der Waals surface area contributed by atoms with Crippen LogP contribution in [0.15, 0.2) is 57.0 Å². The molecule has 0 radical (unpaired) electrons.